The Bertz CT molecular complexity index is 642. The average Bonchev–Trinajstić information content (AvgIpc) is 2.84. The topological polar surface area (TPSA) is 78.3 Å². The van der Waals surface area contributed by atoms with Gasteiger partial charge in [0, 0.05) is 12.5 Å². The smallest absolute Gasteiger partial charge is 0.238 e. The fourth-order valence-electron chi connectivity index (χ4n) is 2.18. The first-order valence-corrected chi connectivity index (χ1v) is 8.16. The van der Waals surface area contributed by atoms with Gasteiger partial charge in [0.1, 0.15) is 17.5 Å². The summed E-state index contributed by atoms with van der Waals surface area (Å²) in [6, 6.07) is 0. The highest BCUT2D eigenvalue weighted by Gasteiger charge is 2.19. The molecular weight excluding hydrogens is 321 g/mol. The van der Waals surface area contributed by atoms with E-state index in [4.69, 9.17) is 22.1 Å². The highest BCUT2D eigenvalue weighted by Crippen LogP contribution is 2.26. The molecule has 1 aliphatic rings. The van der Waals surface area contributed by atoms with E-state index in [1.165, 1.54) is 0 Å². The molecule has 0 spiro atoms. The first-order valence-electron chi connectivity index (χ1n) is 7.78. The minimum atomic E-state index is -0.686. The van der Waals surface area contributed by atoms with Crippen LogP contribution in [-0.2, 0) is 4.74 Å². The number of imidazole rings is 1. The van der Waals surface area contributed by atoms with Crippen LogP contribution in [0.2, 0.25) is 5.15 Å². The number of anilines is 1. The van der Waals surface area contributed by atoms with Crippen molar-refractivity contribution in [3.05, 3.63) is 17.2 Å². The van der Waals surface area contributed by atoms with Gasteiger partial charge in [-0.05, 0) is 18.8 Å². The molecule has 2 aromatic heterocycles. The van der Waals surface area contributed by atoms with Gasteiger partial charge in [0.2, 0.25) is 5.95 Å². The van der Waals surface area contributed by atoms with Crippen molar-refractivity contribution in [3.8, 4) is 0 Å². The SMILES string of the molecule is CC(C)C(C)c1nc(Cl)c2cnc(N)nn12.FC1CCCOC1. The molecule has 128 valence electrons. The molecule has 6 nitrogen and oxygen atoms in total. The molecule has 0 amide bonds. The highest BCUT2D eigenvalue weighted by atomic mass is 35.5. The van der Waals surface area contributed by atoms with Crippen LogP contribution < -0.4 is 5.73 Å². The Kier molecular flexibility index (Phi) is 6.12. The van der Waals surface area contributed by atoms with Gasteiger partial charge in [-0.3, -0.25) is 0 Å². The van der Waals surface area contributed by atoms with E-state index in [-0.39, 0.29) is 11.9 Å². The molecule has 1 fully saturated rings. The first kappa shape index (κ1) is 17.9. The van der Waals surface area contributed by atoms with E-state index < -0.39 is 6.17 Å². The van der Waals surface area contributed by atoms with Gasteiger partial charge in [-0.2, -0.15) is 0 Å². The van der Waals surface area contributed by atoms with Crippen LogP contribution in [0, 0.1) is 5.92 Å². The Balaban J connectivity index is 0.000000229. The number of halogens is 2. The maximum Gasteiger partial charge on any atom is 0.238 e. The third-order valence-corrected chi connectivity index (χ3v) is 4.18. The van der Waals surface area contributed by atoms with Gasteiger partial charge in [-0.15, -0.1) is 5.10 Å². The van der Waals surface area contributed by atoms with Crippen molar-refractivity contribution in [1.82, 2.24) is 19.6 Å². The lowest BCUT2D eigenvalue weighted by atomic mass is 9.98. The Morgan fingerprint density at radius 1 is 1.43 bits per heavy atom. The molecule has 23 heavy (non-hydrogen) atoms. The Morgan fingerprint density at radius 2 is 2.17 bits per heavy atom. The predicted molar refractivity (Wildman–Crippen MR) is 88.4 cm³/mol. The van der Waals surface area contributed by atoms with Gasteiger partial charge in [0.25, 0.3) is 0 Å². The zero-order valence-corrected chi connectivity index (χ0v) is 14.4. The Labute approximate surface area is 140 Å². The molecule has 0 radical (unpaired) electrons. The van der Waals surface area contributed by atoms with Gasteiger partial charge in [-0.1, -0.05) is 32.4 Å². The first-order chi connectivity index (χ1) is 10.9. The largest absolute Gasteiger partial charge is 0.378 e. The summed E-state index contributed by atoms with van der Waals surface area (Å²) >= 11 is 6.03. The lowest BCUT2D eigenvalue weighted by molar-refractivity contribution is 0.0366. The molecule has 2 aromatic rings. The van der Waals surface area contributed by atoms with Crippen molar-refractivity contribution in [2.75, 3.05) is 18.9 Å². The zero-order valence-electron chi connectivity index (χ0n) is 13.7. The maximum absolute atomic E-state index is 12.1. The quantitative estimate of drug-likeness (QED) is 0.905. The van der Waals surface area contributed by atoms with Crippen LogP contribution in [0.25, 0.3) is 5.52 Å². The second kappa shape index (κ2) is 7.88. The summed E-state index contributed by atoms with van der Waals surface area (Å²) < 4.78 is 18.5. The number of fused-ring (bicyclic) bond motifs is 1. The summed E-state index contributed by atoms with van der Waals surface area (Å²) in [5.74, 6) is 1.76. The third-order valence-electron chi connectivity index (χ3n) is 3.90. The summed E-state index contributed by atoms with van der Waals surface area (Å²) in [4.78, 5) is 8.23. The summed E-state index contributed by atoms with van der Waals surface area (Å²) in [6.45, 7) is 7.42. The normalized spacial score (nSPS) is 19.5. The number of aromatic nitrogens is 4. The maximum atomic E-state index is 12.1. The molecule has 0 aliphatic carbocycles. The predicted octanol–water partition coefficient (Wildman–Crippen LogP) is 3.25. The number of rotatable bonds is 2. The van der Waals surface area contributed by atoms with E-state index in [1.807, 2.05) is 0 Å². The molecule has 8 heteroatoms. The second-order valence-corrected chi connectivity index (χ2v) is 6.38. The van der Waals surface area contributed by atoms with Gasteiger partial charge in [0.15, 0.2) is 5.15 Å². The molecule has 1 aliphatic heterocycles. The van der Waals surface area contributed by atoms with Crippen LogP contribution >= 0.6 is 11.6 Å². The molecule has 2 N–H and O–H groups in total. The number of hydrogen-bond donors (Lipinski definition) is 1. The van der Waals surface area contributed by atoms with Crippen molar-refractivity contribution in [1.29, 1.82) is 0 Å². The molecule has 3 rings (SSSR count). The minimum Gasteiger partial charge on any atom is -0.378 e. The second-order valence-electron chi connectivity index (χ2n) is 6.02. The number of nitrogens with two attached hydrogens (primary N) is 1. The average molecular weight is 344 g/mol. The minimum absolute atomic E-state index is 0.221. The number of nitrogen functional groups attached to an aromatic ring is 1. The van der Waals surface area contributed by atoms with Crippen LogP contribution in [0.1, 0.15) is 45.4 Å². The summed E-state index contributed by atoms with van der Waals surface area (Å²) in [6.07, 6.45) is 2.49. The fourth-order valence-corrected chi connectivity index (χ4v) is 2.39. The van der Waals surface area contributed by atoms with Crippen molar-refractivity contribution < 1.29 is 9.13 Å². The van der Waals surface area contributed by atoms with Gasteiger partial charge in [0.05, 0.1) is 12.8 Å². The summed E-state index contributed by atoms with van der Waals surface area (Å²) in [5.41, 5.74) is 6.26. The van der Waals surface area contributed by atoms with E-state index in [0.717, 1.165) is 18.9 Å². The third kappa shape index (κ3) is 4.51. The van der Waals surface area contributed by atoms with Crippen molar-refractivity contribution >= 4 is 23.1 Å². The number of nitrogens with zero attached hydrogens (tertiary/aromatic N) is 4. The molecule has 0 bridgehead atoms. The monoisotopic (exact) mass is 343 g/mol. The lowest BCUT2D eigenvalue weighted by Crippen LogP contribution is -2.17. The molecule has 0 aromatic carbocycles. The number of ether oxygens (including phenoxy) is 1. The zero-order chi connectivity index (χ0) is 17.0. The van der Waals surface area contributed by atoms with E-state index in [2.05, 4.69) is 35.8 Å². The molecule has 3 heterocycles. The van der Waals surface area contributed by atoms with Gasteiger partial charge in [-0.25, -0.2) is 18.9 Å². The van der Waals surface area contributed by atoms with Gasteiger partial charge >= 0.3 is 0 Å². The van der Waals surface area contributed by atoms with E-state index in [1.54, 1.807) is 10.7 Å². The molecule has 1 saturated heterocycles. The summed E-state index contributed by atoms with van der Waals surface area (Å²) in [5, 5.41) is 4.56. The van der Waals surface area contributed by atoms with Crippen molar-refractivity contribution in [3.63, 3.8) is 0 Å². The van der Waals surface area contributed by atoms with E-state index in [9.17, 15) is 4.39 Å². The fraction of sp³-hybridized carbons (Fsp3) is 0.667. The van der Waals surface area contributed by atoms with Crippen LogP contribution in [0.3, 0.4) is 0 Å². The van der Waals surface area contributed by atoms with Crippen molar-refractivity contribution in [2.45, 2.75) is 45.7 Å². The molecule has 2 unspecified atom stereocenters. The Morgan fingerprint density at radius 3 is 2.70 bits per heavy atom. The van der Waals surface area contributed by atoms with Crippen LogP contribution in [-0.4, -0.2) is 39.0 Å². The summed E-state index contributed by atoms with van der Waals surface area (Å²) in [7, 11) is 0. The van der Waals surface area contributed by atoms with E-state index >= 15 is 0 Å². The standard InChI is InChI=1S/C10H14ClN5.C5H9FO/c1-5(2)6(3)9-14-8(11)7-4-13-10(12)15-16(7)9;6-5-2-1-3-7-4-5/h4-6H,1-3H3,(H2,12,15);5H,1-4H2. The van der Waals surface area contributed by atoms with Crippen molar-refractivity contribution in [2.24, 2.45) is 5.92 Å². The van der Waals surface area contributed by atoms with Crippen LogP contribution in [0.5, 0.6) is 0 Å². The molecule has 0 saturated carbocycles. The highest BCUT2D eigenvalue weighted by molar-refractivity contribution is 6.32. The lowest BCUT2D eigenvalue weighted by Gasteiger charge is -2.13. The van der Waals surface area contributed by atoms with Crippen LogP contribution in [0.15, 0.2) is 6.20 Å². The van der Waals surface area contributed by atoms with Gasteiger partial charge < -0.3 is 10.5 Å². The Hall–Kier alpha value is -1.47. The molecule has 2 atom stereocenters. The number of alkyl halides is 1. The molecular formula is C15H23ClFN5O. The van der Waals surface area contributed by atoms with Crippen LogP contribution in [0.4, 0.5) is 10.3 Å². The van der Waals surface area contributed by atoms with E-state index in [0.29, 0.717) is 29.6 Å². The number of hydrogen-bond acceptors (Lipinski definition) is 5.